The van der Waals surface area contributed by atoms with Gasteiger partial charge in [-0.15, -0.1) is 24.0 Å². The fourth-order valence-corrected chi connectivity index (χ4v) is 3.32. The van der Waals surface area contributed by atoms with E-state index in [9.17, 15) is 0 Å². The van der Waals surface area contributed by atoms with Gasteiger partial charge in [0, 0.05) is 26.2 Å². The van der Waals surface area contributed by atoms with Crippen LogP contribution in [0.1, 0.15) is 38.7 Å². The predicted octanol–water partition coefficient (Wildman–Crippen LogP) is 3.73. The van der Waals surface area contributed by atoms with Crippen molar-refractivity contribution in [1.29, 1.82) is 0 Å². The van der Waals surface area contributed by atoms with Gasteiger partial charge in [-0.2, -0.15) is 0 Å². The normalized spacial score (nSPS) is 21.3. The molecule has 0 aliphatic carbocycles. The first-order valence-corrected chi connectivity index (χ1v) is 8.92. The lowest BCUT2D eigenvalue weighted by Gasteiger charge is -2.39. The molecule has 1 aliphatic rings. The van der Waals surface area contributed by atoms with Crippen LogP contribution in [0.3, 0.4) is 0 Å². The van der Waals surface area contributed by atoms with Crippen molar-refractivity contribution in [1.82, 2.24) is 10.2 Å². The van der Waals surface area contributed by atoms with E-state index in [1.165, 1.54) is 12.0 Å². The highest BCUT2D eigenvalue weighted by Gasteiger charge is 2.28. The molecule has 0 bridgehead atoms. The molecule has 2 unspecified atom stereocenters. The number of rotatable bonds is 6. The summed E-state index contributed by atoms with van der Waals surface area (Å²) in [6.07, 6.45) is 1.18. The molecule has 1 saturated heterocycles. The Labute approximate surface area is 164 Å². The van der Waals surface area contributed by atoms with Gasteiger partial charge >= 0.3 is 0 Å². The Morgan fingerprint density at radius 3 is 2.67 bits per heavy atom. The van der Waals surface area contributed by atoms with E-state index < -0.39 is 0 Å². The van der Waals surface area contributed by atoms with Crippen molar-refractivity contribution < 1.29 is 4.74 Å². The number of guanidine groups is 1. The van der Waals surface area contributed by atoms with E-state index in [-0.39, 0.29) is 24.0 Å². The first-order chi connectivity index (χ1) is 11.3. The smallest absolute Gasteiger partial charge is 0.194 e. The second kappa shape index (κ2) is 11.7. The Morgan fingerprint density at radius 1 is 1.29 bits per heavy atom. The highest BCUT2D eigenvalue weighted by atomic mass is 127. The fourth-order valence-electron chi connectivity index (χ4n) is 3.32. The Morgan fingerprint density at radius 2 is 2.04 bits per heavy atom. The summed E-state index contributed by atoms with van der Waals surface area (Å²) in [5.74, 6) is 2.31. The van der Waals surface area contributed by atoms with Gasteiger partial charge in [-0.25, -0.2) is 0 Å². The molecule has 2 rings (SSSR count). The summed E-state index contributed by atoms with van der Waals surface area (Å²) in [6.45, 7) is 11.7. The van der Waals surface area contributed by atoms with Crippen LogP contribution in [-0.2, 0) is 4.74 Å². The van der Waals surface area contributed by atoms with Gasteiger partial charge in [-0.05, 0) is 37.7 Å². The molecule has 136 valence electrons. The number of halogens is 1. The summed E-state index contributed by atoms with van der Waals surface area (Å²) in [5.41, 5.74) is 1.47. The molecule has 0 amide bonds. The summed E-state index contributed by atoms with van der Waals surface area (Å²) < 4.78 is 5.39. The fraction of sp³-hybridized carbons (Fsp3) is 0.632. The average Bonchev–Trinajstić information content (AvgIpc) is 2.58. The third-order valence-electron chi connectivity index (χ3n) is 4.47. The summed E-state index contributed by atoms with van der Waals surface area (Å²) in [5, 5.41) is 3.42. The molecule has 1 N–H and O–H groups in total. The largest absolute Gasteiger partial charge is 0.380 e. The minimum Gasteiger partial charge on any atom is -0.380 e. The molecule has 1 aliphatic heterocycles. The van der Waals surface area contributed by atoms with Crippen LogP contribution >= 0.6 is 24.0 Å². The van der Waals surface area contributed by atoms with Crippen molar-refractivity contribution in [2.75, 3.05) is 39.4 Å². The van der Waals surface area contributed by atoms with Gasteiger partial charge < -0.3 is 15.0 Å². The Bertz CT molecular complexity index is 481. The molecule has 1 aromatic rings. The quantitative estimate of drug-likeness (QED) is 0.314. The molecule has 1 heterocycles. The van der Waals surface area contributed by atoms with Crippen molar-refractivity contribution in [3.63, 3.8) is 0 Å². The van der Waals surface area contributed by atoms with Crippen LogP contribution < -0.4 is 5.32 Å². The number of hydrogen-bond acceptors (Lipinski definition) is 2. The number of aliphatic imine (C=N–C) groups is 1. The number of piperidine rings is 1. The summed E-state index contributed by atoms with van der Waals surface area (Å²) in [7, 11) is 0. The van der Waals surface area contributed by atoms with Crippen molar-refractivity contribution in [2.45, 2.75) is 33.1 Å². The molecular weight excluding hydrogens is 413 g/mol. The van der Waals surface area contributed by atoms with E-state index in [1.54, 1.807) is 0 Å². The lowest BCUT2D eigenvalue weighted by atomic mass is 9.82. The molecule has 24 heavy (non-hydrogen) atoms. The zero-order valence-electron chi connectivity index (χ0n) is 15.2. The van der Waals surface area contributed by atoms with Gasteiger partial charge in [0.25, 0.3) is 0 Å². The molecule has 0 spiro atoms. The van der Waals surface area contributed by atoms with Gasteiger partial charge in [-0.1, -0.05) is 37.3 Å². The minimum atomic E-state index is 0. The highest BCUT2D eigenvalue weighted by Crippen LogP contribution is 2.32. The maximum atomic E-state index is 5.39. The molecule has 1 fully saturated rings. The van der Waals surface area contributed by atoms with Crippen molar-refractivity contribution in [3.05, 3.63) is 35.9 Å². The number of nitrogens with one attached hydrogen (secondary N) is 1. The van der Waals surface area contributed by atoms with Gasteiger partial charge in [-0.3, -0.25) is 4.99 Å². The van der Waals surface area contributed by atoms with Crippen molar-refractivity contribution in [2.24, 2.45) is 10.9 Å². The standard InChI is InChI=1S/C19H31N3O.HI/c1-4-20-19(21-12-14-23-5-2)22-13-11-18(16(3)15-22)17-9-7-6-8-10-17;/h6-10,16,18H,4-5,11-15H2,1-3H3,(H,20,21);1H. The summed E-state index contributed by atoms with van der Waals surface area (Å²) in [6, 6.07) is 10.9. The Kier molecular flexibility index (Phi) is 10.3. The number of ether oxygens (including phenoxy) is 1. The van der Waals surface area contributed by atoms with Crippen LogP contribution in [0.2, 0.25) is 0 Å². The average molecular weight is 445 g/mol. The van der Waals surface area contributed by atoms with Gasteiger partial charge in [0.1, 0.15) is 0 Å². The third kappa shape index (κ3) is 6.24. The molecule has 2 atom stereocenters. The second-order valence-electron chi connectivity index (χ2n) is 6.16. The zero-order valence-corrected chi connectivity index (χ0v) is 17.5. The van der Waals surface area contributed by atoms with Crippen molar-refractivity contribution in [3.8, 4) is 0 Å². The summed E-state index contributed by atoms with van der Waals surface area (Å²) >= 11 is 0. The second-order valence-corrected chi connectivity index (χ2v) is 6.16. The zero-order chi connectivity index (χ0) is 16.5. The number of nitrogens with zero attached hydrogens (tertiary/aromatic N) is 2. The van der Waals surface area contributed by atoms with E-state index in [1.807, 2.05) is 6.92 Å². The number of likely N-dealkylation sites (tertiary alicyclic amines) is 1. The third-order valence-corrected chi connectivity index (χ3v) is 4.47. The van der Waals surface area contributed by atoms with E-state index >= 15 is 0 Å². The van der Waals surface area contributed by atoms with Gasteiger partial charge in [0.15, 0.2) is 5.96 Å². The van der Waals surface area contributed by atoms with Crippen LogP contribution in [0.5, 0.6) is 0 Å². The van der Waals surface area contributed by atoms with E-state index in [0.29, 0.717) is 18.4 Å². The number of hydrogen-bond donors (Lipinski definition) is 1. The highest BCUT2D eigenvalue weighted by molar-refractivity contribution is 14.0. The first kappa shape index (κ1) is 21.2. The van der Waals surface area contributed by atoms with Gasteiger partial charge in [0.05, 0.1) is 13.2 Å². The first-order valence-electron chi connectivity index (χ1n) is 8.92. The van der Waals surface area contributed by atoms with E-state index in [0.717, 1.165) is 38.7 Å². The Hall–Kier alpha value is -0.820. The van der Waals surface area contributed by atoms with Crippen molar-refractivity contribution >= 4 is 29.9 Å². The summed E-state index contributed by atoms with van der Waals surface area (Å²) in [4.78, 5) is 7.12. The molecular formula is C19H32IN3O. The maximum Gasteiger partial charge on any atom is 0.194 e. The SMILES string of the molecule is CCNC(=NCCOCC)N1CCC(c2ccccc2)C(C)C1.I. The molecule has 0 saturated carbocycles. The monoisotopic (exact) mass is 445 g/mol. The van der Waals surface area contributed by atoms with Crippen LogP contribution in [0.15, 0.2) is 35.3 Å². The van der Waals surface area contributed by atoms with Crippen LogP contribution in [-0.4, -0.2) is 50.3 Å². The van der Waals surface area contributed by atoms with E-state index in [2.05, 4.69) is 54.4 Å². The molecule has 4 nitrogen and oxygen atoms in total. The topological polar surface area (TPSA) is 36.9 Å². The molecule has 0 aromatic heterocycles. The maximum absolute atomic E-state index is 5.39. The Balaban J connectivity index is 0.00000288. The lowest BCUT2D eigenvalue weighted by molar-refractivity contribution is 0.155. The van der Waals surface area contributed by atoms with Crippen LogP contribution in [0.25, 0.3) is 0 Å². The molecule has 1 aromatic carbocycles. The molecule has 5 heteroatoms. The molecule has 0 radical (unpaired) electrons. The number of benzene rings is 1. The minimum absolute atomic E-state index is 0. The lowest BCUT2D eigenvalue weighted by Crippen LogP contribution is -2.48. The van der Waals surface area contributed by atoms with Crippen LogP contribution in [0.4, 0.5) is 0 Å². The van der Waals surface area contributed by atoms with Crippen LogP contribution in [0, 0.1) is 5.92 Å². The van der Waals surface area contributed by atoms with E-state index in [4.69, 9.17) is 9.73 Å². The predicted molar refractivity (Wildman–Crippen MR) is 112 cm³/mol. The van der Waals surface area contributed by atoms with Gasteiger partial charge in [0.2, 0.25) is 0 Å².